The van der Waals surface area contributed by atoms with E-state index in [1.807, 2.05) is 0 Å². The fourth-order valence-corrected chi connectivity index (χ4v) is 3.81. The predicted molar refractivity (Wildman–Crippen MR) is 89.3 cm³/mol. The molecule has 1 aliphatic heterocycles. The third-order valence-corrected chi connectivity index (χ3v) is 5.50. The lowest BCUT2D eigenvalue weighted by molar-refractivity contribution is -0.385. The molecule has 9 nitrogen and oxygen atoms in total. The number of nitrogens with zero attached hydrogens (tertiary/aromatic N) is 3. The fraction of sp³-hybridized carbons (Fsp3) is 0.462. The van der Waals surface area contributed by atoms with Gasteiger partial charge in [-0.25, -0.2) is 8.42 Å². The van der Waals surface area contributed by atoms with E-state index in [1.54, 1.807) is 6.92 Å². The van der Waals surface area contributed by atoms with Gasteiger partial charge < -0.3 is 10.6 Å². The average Bonchev–Trinajstić information content (AvgIpc) is 2.54. The van der Waals surface area contributed by atoms with Crippen LogP contribution in [0.25, 0.3) is 0 Å². The first-order chi connectivity index (χ1) is 10.7. The maximum absolute atomic E-state index is 12.5. The summed E-state index contributed by atoms with van der Waals surface area (Å²) in [4.78, 5) is 23.3. The van der Waals surface area contributed by atoms with Crippen molar-refractivity contribution >= 4 is 34.0 Å². The molecule has 0 radical (unpaired) electrons. The van der Waals surface area contributed by atoms with Crippen LogP contribution in [-0.2, 0) is 14.8 Å². The molecule has 1 aromatic carbocycles. The molecule has 24 heavy (non-hydrogen) atoms. The molecule has 134 valence electrons. The zero-order chi connectivity index (χ0) is 17.2. The summed E-state index contributed by atoms with van der Waals surface area (Å²) in [5, 5.41) is 10.8. The van der Waals surface area contributed by atoms with Crippen molar-refractivity contribution < 1.29 is 18.1 Å². The molecule has 1 aliphatic rings. The molecule has 1 amide bonds. The summed E-state index contributed by atoms with van der Waals surface area (Å²) in [6, 6.07) is 4.30. The van der Waals surface area contributed by atoms with Crippen molar-refractivity contribution in [3.8, 4) is 0 Å². The van der Waals surface area contributed by atoms with Gasteiger partial charge in [0.25, 0.3) is 5.69 Å². The van der Waals surface area contributed by atoms with Crippen molar-refractivity contribution in [3.63, 3.8) is 0 Å². The van der Waals surface area contributed by atoms with Crippen LogP contribution in [0.3, 0.4) is 0 Å². The van der Waals surface area contributed by atoms with E-state index in [-0.39, 0.29) is 55.1 Å². The normalized spacial score (nSPS) is 17.0. The first kappa shape index (κ1) is 20.3. The van der Waals surface area contributed by atoms with Crippen molar-refractivity contribution in [2.45, 2.75) is 17.9 Å². The molecule has 0 aliphatic carbocycles. The van der Waals surface area contributed by atoms with Gasteiger partial charge in [0.15, 0.2) is 0 Å². The van der Waals surface area contributed by atoms with Crippen LogP contribution in [-0.4, -0.2) is 60.7 Å². The Bertz CT molecular complexity index is 717. The van der Waals surface area contributed by atoms with Crippen LogP contribution in [0.2, 0.25) is 0 Å². The van der Waals surface area contributed by atoms with E-state index in [0.717, 1.165) is 6.07 Å². The molecule has 0 saturated carbocycles. The van der Waals surface area contributed by atoms with Crippen LogP contribution in [0, 0.1) is 10.1 Å². The van der Waals surface area contributed by atoms with Crippen LogP contribution in [0.1, 0.15) is 6.92 Å². The molecule has 1 saturated heterocycles. The number of sulfonamides is 1. The molecule has 0 unspecified atom stereocenters. The summed E-state index contributed by atoms with van der Waals surface area (Å²) in [7, 11) is -3.83. The quantitative estimate of drug-likeness (QED) is 0.588. The lowest BCUT2D eigenvalue weighted by atomic mass is 10.2. The van der Waals surface area contributed by atoms with Gasteiger partial charge in [0.05, 0.1) is 15.9 Å². The van der Waals surface area contributed by atoms with Crippen LogP contribution in [0.4, 0.5) is 5.69 Å². The Hall–Kier alpha value is -1.75. The second-order valence-electron chi connectivity index (χ2n) is 5.27. The van der Waals surface area contributed by atoms with Gasteiger partial charge in [0, 0.05) is 38.3 Å². The van der Waals surface area contributed by atoms with E-state index in [9.17, 15) is 23.3 Å². The lowest BCUT2D eigenvalue weighted by Crippen LogP contribution is -2.53. The van der Waals surface area contributed by atoms with Crippen molar-refractivity contribution in [2.24, 2.45) is 5.73 Å². The van der Waals surface area contributed by atoms with Crippen molar-refractivity contribution in [1.29, 1.82) is 0 Å². The standard InChI is InChI=1S/C13H18N4O5S.ClH/c1-10(14)13(18)15-5-7-16(8-6-15)23(21,22)12-4-2-3-11(9-12)17(19)20;/h2-4,9-10H,5-8,14H2,1H3;1H/t10-;/m1./s1. The molecular formula is C13H19ClN4O5S. The van der Waals surface area contributed by atoms with E-state index in [1.165, 1.54) is 27.4 Å². The van der Waals surface area contributed by atoms with Gasteiger partial charge in [-0.05, 0) is 13.0 Å². The summed E-state index contributed by atoms with van der Waals surface area (Å²) < 4.78 is 26.3. The van der Waals surface area contributed by atoms with E-state index >= 15 is 0 Å². The zero-order valence-electron chi connectivity index (χ0n) is 13.0. The summed E-state index contributed by atoms with van der Waals surface area (Å²) in [5.41, 5.74) is 5.26. The topological polar surface area (TPSA) is 127 Å². The van der Waals surface area contributed by atoms with E-state index in [0.29, 0.717) is 0 Å². The predicted octanol–water partition coefficient (Wildman–Crippen LogP) is 0.197. The molecule has 1 aromatic rings. The van der Waals surface area contributed by atoms with Gasteiger partial charge in [-0.1, -0.05) is 6.07 Å². The molecule has 2 rings (SSSR count). The molecule has 1 fully saturated rings. The van der Waals surface area contributed by atoms with Crippen molar-refractivity contribution in [2.75, 3.05) is 26.2 Å². The largest absolute Gasteiger partial charge is 0.339 e. The van der Waals surface area contributed by atoms with Crippen LogP contribution >= 0.6 is 12.4 Å². The number of amides is 1. The lowest BCUT2D eigenvalue weighted by Gasteiger charge is -2.34. The Kier molecular flexibility index (Phi) is 6.67. The van der Waals surface area contributed by atoms with E-state index < -0.39 is 21.0 Å². The highest BCUT2D eigenvalue weighted by molar-refractivity contribution is 7.89. The maximum atomic E-state index is 12.5. The number of nitro benzene ring substituents is 1. The number of non-ortho nitro benzene ring substituents is 1. The molecule has 11 heteroatoms. The minimum absolute atomic E-state index is 0. The van der Waals surface area contributed by atoms with E-state index in [2.05, 4.69) is 0 Å². The molecule has 0 spiro atoms. The number of rotatable bonds is 4. The molecule has 1 atom stereocenters. The van der Waals surface area contributed by atoms with Crippen molar-refractivity contribution in [3.05, 3.63) is 34.4 Å². The number of benzene rings is 1. The Balaban J connectivity index is 0.00000288. The number of hydrogen-bond acceptors (Lipinski definition) is 6. The fourth-order valence-electron chi connectivity index (χ4n) is 2.34. The Morgan fingerprint density at radius 1 is 1.29 bits per heavy atom. The number of nitrogens with two attached hydrogens (primary N) is 1. The van der Waals surface area contributed by atoms with Gasteiger partial charge in [-0.2, -0.15) is 4.31 Å². The SMILES string of the molecule is C[C@@H](N)C(=O)N1CCN(S(=O)(=O)c2cccc([N+](=O)[O-])c2)CC1.Cl. The molecular weight excluding hydrogens is 360 g/mol. The minimum atomic E-state index is -3.83. The monoisotopic (exact) mass is 378 g/mol. The summed E-state index contributed by atoms with van der Waals surface area (Å²) in [5.74, 6) is -0.225. The Morgan fingerprint density at radius 2 is 1.88 bits per heavy atom. The van der Waals surface area contributed by atoms with Crippen LogP contribution in [0.15, 0.2) is 29.2 Å². The number of piperazine rings is 1. The number of halogens is 1. The van der Waals surface area contributed by atoms with Gasteiger partial charge >= 0.3 is 0 Å². The number of hydrogen-bond donors (Lipinski definition) is 1. The van der Waals surface area contributed by atoms with Gasteiger partial charge in [0.2, 0.25) is 15.9 Å². The maximum Gasteiger partial charge on any atom is 0.270 e. The average molecular weight is 379 g/mol. The van der Waals surface area contributed by atoms with Gasteiger partial charge in [-0.15, -0.1) is 12.4 Å². The first-order valence-electron chi connectivity index (χ1n) is 7.02. The number of carbonyl (C=O) groups excluding carboxylic acids is 1. The smallest absolute Gasteiger partial charge is 0.270 e. The highest BCUT2D eigenvalue weighted by Gasteiger charge is 2.31. The Morgan fingerprint density at radius 3 is 2.38 bits per heavy atom. The van der Waals surface area contributed by atoms with Crippen LogP contribution < -0.4 is 5.73 Å². The summed E-state index contributed by atoms with van der Waals surface area (Å²) >= 11 is 0. The molecule has 1 heterocycles. The number of carbonyl (C=O) groups is 1. The first-order valence-corrected chi connectivity index (χ1v) is 8.46. The number of nitro groups is 1. The minimum Gasteiger partial charge on any atom is -0.339 e. The second-order valence-corrected chi connectivity index (χ2v) is 7.21. The highest BCUT2D eigenvalue weighted by Crippen LogP contribution is 2.22. The van der Waals surface area contributed by atoms with Crippen molar-refractivity contribution in [1.82, 2.24) is 9.21 Å². The highest BCUT2D eigenvalue weighted by atomic mass is 35.5. The second kappa shape index (κ2) is 7.88. The Labute approximate surface area is 146 Å². The van der Waals surface area contributed by atoms with Gasteiger partial charge in [-0.3, -0.25) is 14.9 Å². The summed E-state index contributed by atoms with van der Waals surface area (Å²) in [6.07, 6.45) is 0. The van der Waals surface area contributed by atoms with Crippen LogP contribution in [0.5, 0.6) is 0 Å². The van der Waals surface area contributed by atoms with E-state index in [4.69, 9.17) is 5.73 Å². The third kappa shape index (κ3) is 4.20. The molecule has 2 N–H and O–H groups in total. The zero-order valence-corrected chi connectivity index (χ0v) is 14.6. The molecule has 0 bridgehead atoms. The third-order valence-electron chi connectivity index (χ3n) is 3.61. The van der Waals surface area contributed by atoms with Gasteiger partial charge in [0.1, 0.15) is 0 Å². The summed E-state index contributed by atoms with van der Waals surface area (Å²) in [6.45, 7) is 2.32. The molecule has 0 aromatic heterocycles.